The van der Waals surface area contributed by atoms with Crippen molar-refractivity contribution in [3.05, 3.63) is 64.2 Å². The lowest BCUT2D eigenvalue weighted by atomic mass is 9.83. The summed E-state index contributed by atoms with van der Waals surface area (Å²) in [4.78, 5) is 49.5. The number of fused-ring (bicyclic) bond motifs is 1. The molecule has 1 heterocycles. The van der Waals surface area contributed by atoms with Crippen molar-refractivity contribution >= 4 is 29.4 Å². The second-order valence-corrected chi connectivity index (χ2v) is 7.46. The molecular weight excluding hydrogens is 374 g/mol. The molecule has 0 spiro atoms. The number of imide groups is 1. The Morgan fingerprint density at radius 1 is 0.793 bits per heavy atom. The fourth-order valence-electron chi connectivity index (χ4n) is 4.17. The van der Waals surface area contributed by atoms with Gasteiger partial charge in [-0.2, -0.15) is 0 Å². The van der Waals surface area contributed by atoms with Crippen LogP contribution in [0.4, 0.5) is 5.69 Å². The van der Waals surface area contributed by atoms with Gasteiger partial charge in [-0.25, -0.2) is 14.5 Å². The number of hydrogen-bond acceptors (Lipinski definition) is 4. The molecule has 29 heavy (non-hydrogen) atoms. The summed E-state index contributed by atoms with van der Waals surface area (Å²) in [5.41, 5.74) is 0.867. The Bertz CT molecular complexity index is 1020. The third-order valence-corrected chi connectivity index (χ3v) is 5.66. The smallest absolute Gasteiger partial charge is 0.335 e. The van der Waals surface area contributed by atoms with E-state index in [0.29, 0.717) is 5.92 Å². The minimum Gasteiger partial charge on any atom is -0.478 e. The van der Waals surface area contributed by atoms with Crippen molar-refractivity contribution < 1.29 is 29.4 Å². The molecule has 1 aliphatic carbocycles. The van der Waals surface area contributed by atoms with Crippen molar-refractivity contribution in [2.45, 2.75) is 38.0 Å². The average molecular weight is 393 g/mol. The molecule has 0 saturated heterocycles. The minimum atomic E-state index is -1.34. The molecule has 2 amide bonds. The molecule has 7 heteroatoms. The lowest BCUT2D eigenvalue weighted by Gasteiger charge is -2.22. The van der Waals surface area contributed by atoms with Crippen LogP contribution in [0.5, 0.6) is 0 Å². The van der Waals surface area contributed by atoms with Crippen LogP contribution in [-0.2, 0) is 0 Å². The zero-order valence-electron chi connectivity index (χ0n) is 15.6. The average Bonchev–Trinajstić information content (AvgIpc) is 2.98. The lowest BCUT2D eigenvalue weighted by molar-refractivity contribution is 0.0695. The molecule has 0 aromatic heterocycles. The number of aromatic carboxylic acids is 2. The molecular formula is C22H19NO6. The van der Waals surface area contributed by atoms with Gasteiger partial charge in [0.15, 0.2) is 0 Å². The Labute approximate surface area is 166 Å². The van der Waals surface area contributed by atoms with E-state index in [1.165, 1.54) is 6.42 Å². The van der Waals surface area contributed by atoms with Crippen LogP contribution in [0.2, 0.25) is 0 Å². The Kier molecular flexibility index (Phi) is 4.66. The number of nitrogens with zero attached hydrogens (tertiary/aromatic N) is 1. The van der Waals surface area contributed by atoms with Gasteiger partial charge in [-0.15, -0.1) is 0 Å². The monoisotopic (exact) mass is 393 g/mol. The number of carboxylic acids is 2. The van der Waals surface area contributed by atoms with Gasteiger partial charge in [0.2, 0.25) is 0 Å². The quantitative estimate of drug-likeness (QED) is 0.761. The standard InChI is InChI=1S/C22H19NO6/c24-19-17-7-6-13(12-4-2-1-3-5-12)11-18(17)20(25)23(19)16-9-14(21(26)27)8-15(10-16)22(28)29/h6-12H,1-5H2,(H,26,27)(H,28,29). The molecule has 1 aliphatic heterocycles. The van der Waals surface area contributed by atoms with Crippen LogP contribution in [0.25, 0.3) is 0 Å². The summed E-state index contributed by atoms with van der Waals surface area (Å²) in [5, 5.41) is 18.5. The molecule has 1 saturated carbocycles. The Morgan fingerprint density at radius 3 is 1.97 bits per heavy atom. The van der Waals surface area contributed by atoms with Crippen molar-refractivity contribution in [1.29, 1.82) is 0 Å². The highest BCUT2D eigenvalue weighted by atomic mass is 16.4. The van der Waals surface area contributed by atoms with Gasteiger partial charge < -0.3 is 10.2 Å². The van der Waals surface area contributed by atoms with E-state index in [9.17, 15) is 29.4 Å². The highest BCUT2D eigenvalue weighted by Crippen LogP contribution is 2.36. The first-order chi connectivity index (χ1) is 13.9. The van der Waals surface area contributed by atoms with Gasteiger partial charge in [-0.1, -0.05) is 25.3 Å². The molecule has 4 rings (SSSR count). The first-order valence-corrected chi connectivity index (χ1v) is 9.51. The van der Waals surface area contributed by atoms with Crippen LogP contribution in [-0.4, -0.2) is 34.0 Å². The maximum atomic E-state index is 13.0. The van der Waals surface area contributed by atoms with Gasteiger partial charge >= 0.3 is 11.9 Å². The van der Waals surface area contributed by atoms with Gasteiger partial charge in [0, 0.05) is 0 Å². The van der Waals surface area contributed by atoms with Crippen LogP contribution in [0, 0.1) is 0 Å². The van der Waals surface area contributed by atoms with E-state index in [1.807, 2.05) is 6.07 Å². The number of hydrogen-bond donors (Lipinski definition) is 2. The molecule has 7 nitrogen and oxygen atoms in total. The van der Waals surface area contributed by atoms with E-state index in [1.54, 1.807) is 12.1 Å². The van der Waals surface area contributed by atoms with Crippen molar-refractivity contribution in [3.63, 3.8) is 0 Å². The third-order valence-electron chi connectivity index (χ3n) is 5.66. The molecule has 2 aromatic rings. The SMILES string of the molecule is O=C(O)c1cc(C(=O)O)cc(N2C(=O)c3ccc(C4CCCCC4)cc3C2=O)c1. The fourth-order valence-corrected chi connectivity index (χ4v) is 4.17. The second-order valence-electron chi connectivity index (χ2n) is 7.46. The Hall–Kier alpha value is -3.48. The molecule has 2 aliphatic rings. The normalized spacial score (nSPS) is 16.8. The number of anilines is 1. The highest BCUT2D eigenvalue weighted by molar-refractivity contribution is 6.34. The summed E-state index contributed by atoms with van der Waals surface area (Å²) >= 11 is 0. The predicted octanol–water partition coefficient (Wildman–Crippen LogP) is 3.93. The Morgan fingerprint density at radius 2 is 1.38 bits per heavy atom. The summed E-state index contributed by atoms with van der Waals surface area (Å²) in [6.45, 7) is 0. The van der Waals surface area contributed by atoms with Crippen LogP contribution >= 0.6 is 0 Å². The summed E-state index contributed by atoms with van der Waals surface area (Å²) in [6.07, 6.45) is 5.58. The minimum absolute atomic E-state index is 0.0623. The molecule has 0 atom stereocenters. The second kappa shape index (κ2) is 7.16. The first-order valence-electron chi connectivity index (χ1n) is 9.51. The topological polar surface area (TPSA) is 112 Å². The third kappa shape index (κ3) is 3.29. The maximum Gasteiger partial charge on any atom is 0.335 e. The number of carbonyl (C=O) groups excluding carboxylic acids is 2. The number of carboxylic acid groups (broad SMARTS) is 2. The molecule has 2 N–H and O–H groups in total. The van der Waals surface area contributed by atoms with Crippen LogP contribution in [0.1, 0.15) is 85.0 Å². The zero-order valence-corrected chi connectivity index (χ0v) is 15.6. The summed E-state index contributed by atoms with van der Waals surface area (Å²) in [6, 6.07) is 8.54. The maximum absolute atomic E-state index is 13.0. The first kappa shape index (κ1) is 18.9. The van der Waals surface area contributed by atoms with Crippen LogP contribution < -0.4 is 4.90 Å². The van der Waals surface area contributed by atoms with E-state index in [0.717, 1.165) is 54.3 Å². The van der Waals surface area contributed by atoms with Crippen LogP contribution in [0.15, 0.2) is 36.4 Å². The predicted molar refractivity (Wildman–Crippen MR) is 104 cm³/mol. The summed E-state index contributed by atoms with van der Waals surface area (Å²) < 4.78 is 0. The van der Waals surface area contributed by atoms with Crippen molar-refractivity contribution in [2.24, 2.45) is 0 Å². The number of carbonyl (C=O) groups is 4. The highest BCUT2D eigenvalue weighted by Gasteiger charge is 2.38. The van der Waals surface area contributed by atoms with E-state index in [-0.39, 0.29) is 27.9 Å². The largest absolute Gasteiger partial charge is 0.478 e. The van der Waals surface area contributed by atoms with Gasteiger partial charge in [0.25, 0.3) is 11.8 Å². The van der Waals surface area contributed by atoms with Gasteiger partial charge in [0.1, 0.15) is 0 Å². The van der Waals surface area contributed by atoms with Crippen molar-refractivity contribution in [1.82, 2.24) is 0 Å². The van der Waals surface area contributed by atoms with Gasteiger partial charge in [0.05, 0.1) is 27.9 Å². The van der Waals surface area contributed by atoms with Gasteiger partial charge in [-0.3, -0.25) is 9.59 Å². The molecule has 0 bridgehead atoms. The fraction of sp³-hybridized carbons (Fsp3) is 0.273. The number of benzene rings is 2. The zero-order chi connectivity index (χ0) is 20.7. The number of amides is 2. The molecule has 0 unspecified atom stereocenters. The van der Waals surface area contributed by atoms with Crippen molar-refractivity contribution in [2.75, 3.05) is 4.90 Å². The Balaban J connectivity index is 1.74. The van der Waals surface area contributed by atoms with Gasteiger partial charge in [-0.05, 0) is 54.7 Å². The van der Waals surface area contributed by atoms with E-state index in [2.05, 4.69) is 0 Å². The molecule has 2 aromatic carbocycles. The van der Waals surface area contributed by atoms with E-state index in [4.69, 9.17) is 0 Å². The molecule has 148 valence electrons. The summed E-state index contributed by atoms with van der Waals surface area (Å²) in [7, 11) is 0. The molecule has 0 radical (unpaired) electrons. The van der Waals surface area contributed by atoms with E-state index < -0.39 is 23.8 Å². The number of rotatable bonds is 4. The molecule has 1 fully saturated rings. The van der Waals surface area contributed by atoms with Crippen LogP contribution in [0.3, 0.4) is 0 Å². The summed E-state index contributed by atoms with van der Waals surface area (Å²) in [5.74, 6) is -3.48. The lowest BCUT2D eigenvalue weighted by Crippen LogP contribution is -2.29. The van der Waals surface area contributed by atoms with E-state index >= 15 is 0 Å². The van der Waals surface area contributed by atoms with Crippen molar-refractivity contribution in [3.8, 4) is 0 Å².